The smallest absolute Gasteiger partial charge is 0.190 e. The van der Waals surface area contributed by atoms with Crippen molar-refractivity contribution in [1.29, 1.82) is 0 Å². The second-order valence-electron chi connectivity index (χ2n) is 4.42. The Bertz CT molecular complexity index is 317. The summed E-state index contributed by atoms with van der Waals surface area (Å²) < 4.78 is 22.4. The molecule has 0 aliphatic carbocycles. The molecule has 4 atom stereocenters. The van der Waals surface area contributed by atoms with Crippen LogP contribution in [0.4, 0.5) is 0 Å². The maximum atomic E-state index is 8.57. The lowest BCUT2D eigenvalue weighted by Crippen LogP contribution is -2.37. The van der Waals surface area contributed by atoms with E-state index in [9.17, 15) is 0 Å². The fourth-order valence-corrected chi connectivity index (χ4v) is 2.06. The molecule has 0 aromatic carbocycles. The van der Waals surface area contributed by atoms with Crippen LogP contribution in [0.3, 0.4) is 0 Å². The molecular weight excluding hydrogens is 226 g/mol. The molecule has 0 aromatic rings. The van der Waals surface area contributed by atoms with Crippen LogP contribution in [0, 0.1) is 0 Å². The van der Waals surface area contributed by atoms with Crippen LogP contribution in [-0.2, 0) is 18.9 Å². The first kappa shape index (κ1) is 12.5. The predicted octanol–water partition coefficient (Wildman–Crippen LogP) is 0.894. The maximum Gasteiger partial charge on any atom is 0.190 e. The summed E-state index contributed by atoms with van der Waals surface area (Å²) in [7, 11) is 0. The molecule has 2 rings (SSSR count). The van der Waals surface area contributed by atoms with Crippen LogP contribution in [-0.4, -0.2) is 48.4 Å². The van der Waals surface area contributed by atoms with Gasteiger partial charge in [0.15, 0.2) is 12.1 Å². The largest absolute Gasteiger partial charge is 0.411 e. The van der Waals surface area contributed by atoms with Crippen molar-refractivity contribution in [2.45, 2.75) is 44.2 Å². The van der Waals surface area contributed by atoms with E-state index in [0.717, 1.165) is 0 Å². The monoisotopic (exact) mass is 243 g/mol. The summed E-state index contributed by atoms with van der Waals surface area (Å²) in [5, 5.41) is 11.5. The first-order valence-corrected chi connectivity index (χ1v) is 5.48. The average Bonchev–Trinajstić information content (AvgIpc) is 2.68. The highest BCUT2D eigenvalue weighted by atomic mass is 16.8. The zero-order valence-electron chi connectivity index (χ0n) is 9.91. The predicted molar refractivity (Wildman–Crippen MR) is 58.9 cm³/mol. The maximum absolute atomic E-state index is 8.57. The second kappa shape index (κ2) is 4.73. The van der Waals surface area contributed by atoms with Crippen LogP contribution in [0.2, 0.25) is 0 Å². The lowest BCUT2D eigenvalue weighted by molar-refractivity contribution is -0.208. The molecule has 1 N–H and O–H groups in total. The van der Waals surface area contributed by atoms with E-state index in [-0.39, 0.29) is 12.2 Å². The molecule has 2 saturated heterocycles. The number of hydrogen-bond acceptors (Lipinski definition) is 6. The summed E-state index contributed by atoms with van der Waals surface area (Å²) in [6, 6.07) is 0. The van der Waals surface area contributed by atoms with E-state index >= 15 is 0 Å². The van der Waals surface area contributed by atoms with E-state index in [4.69, 9.17) is 24.2 Å². The molecule has 2 aliphatic rings. The van der Waals surface area contributed by atoms with Crippen molar-refractivity contribution < 1.29 is 24.2 Å². The van der Waals surface area contributed by atoms with Gasteiger partial charge in [-0.15, -0.1) is 6.58 Å². The fourth-order valence-electron chi connectivity index (χ4n) is 2.06. The van der Waals surface area contributed by atoms with Crippen molar-refractivity contribution in [3.05, 3.63) is 12.7 Å². The van der Waals surface area contributed by atoms with Crippen LogP contribution >= 0.6 is 0 Å². The Balaban J connectivity index is 2.08. The van der Waals surface area contributed by atoms with Gasteiger partial charge < -0.3 is 24.2 Å². The summed E-state index contributed by atoms with van der Waals surface area (Å²) in [5.41, 5.74) is 0. The van der Waals surface area contributed by atoms with Gasteiger partial charge in [-0.05, 0) is 13.8 Å². The highest BCUT2D eigenvalue weighted by molar-refractivity contribution is 5.64. The Hall–Kier alpha value is -0.950. The van der Waals surface area contributed by atoms with Gasteiger partial charge in [0.05, 0.1) is 12.8 Å². The van der Waals surface area contributed by atoms with Gasteiger partial charge in [0.1, 0.15) is 18.3 Å². The van der Waals surface area contributed by atoms with E-state index in [0.29, 0.717) is 6.61 Å². The third kappa shape index (κ3) is 2.50. The molecule has 0 saturated carbocycles. The molecule has 0 radical (unpaired) electrons. The van der Waals surface area contributed by atoms with Crippen molar-refractivity contribution in [3.63, 3.8) is 0 Å². The van der Waals surface area contributed by atoms with Crippen molar-refractivity contribution in [2.75, 3.05) is 6.61 Å². The topological polar surface area (TPSA) is 69.5 Å². The lowest BCUT2D eigenvalue weighted by atomic mass is 10.1. The molecule has 0 amide bonds. The Kier molecular flexibility index (Phi) is 3.48. The first-order valence-electron chi connectivity index (χ1n) is 5.48. The SMILES string of the molecule is C=CCO[C@H]1[C@H]2OC(C)(C)O[C@H]2O[C@@H]1/C=N/O. The summed E-state index contributed by atoms with van der Waals surface area (Å²) in [6.07, 6.45) is 1.24. The van der Waals surface area contributed by atoms with Crippen LogP contribution in [0.1, 0.15) is 13.8 Å². The molecule has 2 fully saturated rings. The van der Waals surface area contributed by atoms with Gasteiger partial charge in [0, 0.05) is 0 Å². The van der Waals surface area contributed by atoms with Gasteiger partial charge in [-0.2, -0.15) is 0 Å². The highest BCUT2D eigenvalue weighted by Crippen LogP contribution is 2.38. The van der Waals surface area contributed by atoms with E-state index in [1.165, 1.54) is 6.21 Å². The van der Waals surface area contributed by atoms with Crippen molar-refractivity contribution >= 4 is 6.21 Å². The average molecular weight is 243 g/mol. The number of fused-ring (bicyclic) bond motifs is 1. The highest BCUT2D eigenvalue weighted by Gasteiger charge is 2.55. The molecule has 2 aliphatic heterocycles. The fraction of sp³-hybridized carbons (Fsp3) is 0.727. The van der Waals surface area contributed by atoms with Crippen molar-refractivity contribution in [3.8, 4) is 0 Å². The number of oxime groups is 1. The summed E-state index contributed by atoms with van der Waals surface area (Å²) in [5.74, 6) is -0.688. The molecular formula is C11H17NO5. The third-order valence-electron chi connectivity index (χ3n) is 2.65. The first-order chi connectivity index (χ1) is 8.07. The quantitative estimate of drug-likeness (QED) is 0.344. The molecule has 6 nitrogen and oxygen atoms in total. The molecule has 96 valence electrons. The molecule has 2 heterocycles. The molecule has 6 heteroatoms. The van der Waals surface area contributed by atoms with E-state index in [1.54, 1.807) is 6.08 Å². The van der Waals surface area contributed by atoms with E-state index in [1.807, 2.05) is 13.8 Å². The second-order valence-corrected chi connectivity index (χ2v) is 4.42. The van der Waals surface area contributed by atoms with E-state index < -0.39 is 18.2 Å². The lowest BCUT2D eigenvalue weighted by Gasteiger charge is -2.23. The summed E-state index contributed by atoms with van der Waals surface area (Å²) in [4.78, 5) is 0. The zero-order chi connectivity index (χ0) is 12.5. The standard InChI is InChI=1S/C11H17NO5/c1-4-5-14-8-7(6-12-13)15-10-9(8)16-11(2,3)17-10/h4,6-10,13H,1,5H2,2-3H3/b12-6+/t7-,8-,9-,10-/m1/s1. The minimum Gasteiger partial charge on any atom is -0.411 e. The number of nitrogens with zero attached hydrogens (tertiary/aromatic N) is 1. The van der Waals surface area contributed by atoms with Crippen molar-refractivity contribution in [2.24, 2.45) is 5.16 Å². The Morgan fingerprint density at radius 2 is 2.24 bits per heavy atom. The summed E-state index contributed by atoms with van der Waals surface area (Å²) in [6.45, 7) is 7.59. The number of ether oxygens (including phenoxy) is 4. The van der Waals surface area contributed by atoms with Crippen LogP contribution in [0.25, 0.3) is 0 Å². The molecule has 0 unspecified atom stereocenters. The molecule has 0 aromatic heterocycles. The molecule has 0 spiro atoms. The van der Waals surface area contributed by atoms with Gasteiger partial charge >= 0.3 is 0 Å². The van der Waals surface area contributed by atoms with Gasteiger partial charge in [0.25, 0.3) is 0 Å². The van der Waals surface area contributed by atoms with Gasteiger partial charge in [-0.25, -0.2) is 0 Å². The third-order valence-corrected chi connectivity index (χ3v) is 2.65. The van der Waals surface area contributed by atoms with Gasteiger partial charge in [-0.3, -0.25) is 0 Å². The van der Waals surface area contributed by atoms with Crippen LogP contribution in [0.5, 0.6) is 0 Å². The van der Waals surface area contributed by atoms with Gasteiger partial charge in [0.2, 0.25) is 0 Å². The van der Waals surface area contributed by atoms with E-state index in [2.05, 4.69) is 11.7 Å². The van der Waals surface area contributed by atoms with Gasteiger partial charge in [-0.1, -0.05) is 11.2 Å². The normalized spacial score (nSPS) is 39.6. The summed E-state index contributed by atoms with van der Waals surface area (Å²) >= 11 is 0. The minimum atomic E-state index is -0.688. The number of rotatable bonds is 4. The van der Waals surface area contributed by atoms with Crippen LogP contribution in [0.15, 0.2) is 17.8 Å². The van der Waals surface area contributed by atoms with Crippen LogP contribution < -0.4 is 0 Å². The Morgan fingerprint density at radius 1 is 1.47 bits per heavy atom. The number of hydrogen-bond donors (Lipinski definition) is 1. The Morgan fingerprint density at radius 3 is 2.88 bits per heavy atom. The molecule has 0 bridgehead atoms. The molecule has 17 heavy (non-hydrogen) atoms. The Labute approximate surface area is 99.8 Å². The zero-order valence-corrected chi connectivity index (χ0v) is 9.91. The minimum absolute atomic E-state index is 0.326. The van der Waals surface area contributed by atoms with Crippen molar-refractivity contribution in [1.82, 2.24) is 0 Å².